The van der Waals surface area contributed by atoms with Crippen LogP contribution in [0.15, 0.2) is 35.8 Å². The predicted octanol–water partition coefficient (Wildman–Crippen LogP) is 5.41. The number of carboxylic acids is 1. The second-order valence-electron chi connectivity index (χ2n) is 8.53. The topological polar surface area (TPSA) is 99.6 Å². The van der Waals surface area contributed by atoms with Crippen molar-refractivity contribution in [2.24, 2.45) is 0 Å². The molecule has 34 heavy (non-hydrogen) atoms. The van der Waals surface area contributed by atoms with Crippen LogP contribution in [0.3, 0.4) is 0 Å². The van der Waals surface area contributed by atoms with E-state index in [2.05, 4.69) is 17.2 Å². The molecule has 2 aromatic rings. The zero-order valence-electron chi connectivity index (χ0n) is 20.1. The van der Waals surface area contributed by atoms with E-state index < -0.39 is 11.9 Å². The number of hydrogen-bond donors (Lipinski definition) is 2. The summed E-state index contributed by atoms with van der Waals surface area (Å²) >= 11 is 1.36. The molecule has 0 aliphatic heterocycles. The third-order valence-electron chi connectivity index (χ3n) is 5.69. The van der Waals surface area contributed by atoms with Crippen LogP contribution in [0, 0.1) is 0 Å². The van der Waals surface area contributed by atoms with Gasteiger partial charge < -0.3 is 15.3 Å². The summed E-state index contributed by atoms with van der Waals surface area (Å²) in [5.74, 6) is -2.60. The third kappa shape index (κ3) is 10.5. The standard InChI is InChI=1S/C26H37N3O4S/c1-2-3-4-5-6-7-8-9-10-11-16-28-24(30)22-14-12-21(13-15-22)19-29(25(31)26(32)33)20-23-27-17-18-34-23/h12-15,17-18H,2-11,16,19-20H2,1H3,(H,28,30)(H,32,33). The first-order valence-electron chi connectivity index (χ1n) is 12.3. The minimum absolute atomic E-state index is 0.122. The molecular weight excluding hydrogens is 450 g/mol. The van der Waals surface area contributed by atoms with Crippen molar-refractivity contribution < 1.29 is 19.5 Å². The molecule has 0 aliphatic carbocycles. The highest BCUT2D eigenvalue weighted by molar-refractivity contribution is 7.09. The molecule has 2 rings (SSSR count). The molecule has 2 N–H and O–H groups in total. The molecule has 1 aromatic carbocycles. The smallest absolute Gasteiger partial charge is 0.394 e. The van der Waals surface area contributed by atoms with Crippen LogP contribution < -0.4 is 5.32 Å². The number of carboxylic acid groups (broad SMARTS) is 1. The van der Waals surface area contributed by atoms with Crippen LogP contribution in [0.5, 0.6) is 0 Å². The Hall–Kier alpha value is -2.74. The molecule has 0 unspecified atom stereocenters. The molecule has 0 atom stereocenters. The number of benzene rings is 1. The number of thiazole rings is 1. The number of nitrogens with zero attached hydrogens (tertiary/aromatic N) is 2. The molecule has 0 fully saturated rings. The van der Waals surface area contributed by atoms with Crippen molar-refractivity contribution in [2.45, 2.75) is 84.2 Å². The lowest BCUT2D eigenvalue weighted by Gasteiger charge is -2.19. The largest absolute Gasteiger partial charge is 0.474 e. The summed E-state index contributed by atoms with van der Waals surface area (Å²) in [7, 11) is 0. The first-order valence-corrected chi connectivity index (χ1v) is 13.2. The SMILES string of the molecule is CCCCCCCCCCCCNC(=O)c1ccc(CN(Cc2nccs2)C(=O)C(=O)O)cc1. The number of aromatic nitrogens is 1. The molecular formula is C26H37N3O4S. The van der Waals surface area contributed by atoms with Crippen molar-refractivity contribution in [3.8, 4) is 0 Å². The van der Waals surface area contributed by atoms with Gasteiger partial charge in [-0.15, -0.1) is 11.3 Å². The number of unbranched alkanes of at least 4 members (excludes halogenated alkanes) is 9. The van der Waals surface area contributed by atoms with Crippen LogP contribution in [0.4, 0.5) is 0 Å². The fourth-order valence-electron chi connectivity index (χ4n) is 3.73. The average Bonchev–Trinajstić information content (AvgIpc) is 3.35. The minimum Gasteiger partial charge on any atom is -0.474 e. The van der Waals surface area contributed by atoms with E-state index in [9.17, 15) is 14.4 Å². The lowest BCUT2D eigenvalue weighted by atomic mass is 10.1. The summed E-state index contributed by atoms with van der Waals surface area (Å²) < 4.78 is 0. The maximum Gasteiger partial charge on any atom is 0.394 e. The van der Waals surface area contributed by atoms with Crippen LogP contribution in [0.25, 0.3) is 0 Å². The quantitative estimate of drug-likeness (QED) is 0.244. The lowest BCUT2D eigenvalue weighted by molar-refractivity contribution is -0.156. The second kappa shape index (κ2) is 16.0. The summed E-state index contributed by atoms with van der Waals surface area (Å²) in [6.45, 7) is 3.15. The van der Waals surface area contributed by atoms with Gasteiger partial charge >= 0.3 is 11.9 Å². The molecule has 0 aliphatic rings. The Morgan fingerprint density at radius 2 is 1.53 bits per heavy atom. The Morgan fingerprint density at radius 3 is 2.09 bits per heavy atom. The van der Waals surface area contributed by atoms with Crippen molar-refractivity contribution in [2.75, 3.05) is 6.54 Å². The van der Waals surface area contributed by atoms with Crippen LogP contribution in [0.2, 0.25) is 0 Å². The van der Waals surface area contributed by atoms with Crippen molar-refractivity contribution in [3.63, 3.8) is 0 Å². The number of carbonyl (C=O) groups is 3. The Labute approximate surface area is 206 Å². The second-order valence-corrected chi connectivity index (χ2v) is 9.51. The first-order chi connectivity index (χ1) is 16.5. The molecule has 7 nitrogen and oxygen atoms in total. The lowest BCUT2D eigenvalue weighted by Crippen LogP contribution is -2.35. The number of carbonyl (C=O) groups excluding carboxylic acids is 2. The highest BCUT2D eigenvalue weighted by atomic mass is 32.1. The summed E-state index contributed by atoms with van der Waals surface area (Å²) in [4.78, 5) is 41.0. The van der Waals surface area contributed by atoms with Gasteiger partial charge in [0.25, 0.3) is 5.91 Å². The summed E-state index contributed by atoms with van der Waals surface area (Å²) in [6, 6.07) is 6.91. The zero-order valence-corrected chi connectivity index (χ0v) is 20.9. The molecule has 8 heteroatoms. The number of hydrogen-bond acceptors (Lipinski definition) is 5. The van der Waals surface area contributed by atoms with E-state index in [1.807, 2.05) is 0 Å². The fourth-order valence-corrected chi connectivity index (χ4v) is 4.36. The van der Waals surface area contributed by atoms with Crippen LogP contribution in [-0.2, 0) is 22.7 Å². The first kappa shape index (κ1) is 27.5. The van der Waals surface area contributed by atoms with Gasteiger partial charge in [0, 0.05) is 30.2 Å². The van der Waals surface area contributed by atoms with E-state index in [1.165, 1.54) is 67.6 Å². The molecule has 0 spiro atoms. The van der Waals surface area contributed by atoms with Gasteiger partial charge in [-0.3, -0.25) is 9.59 Å². The van der Waals surface area contributed by atoms with Gasteiger partial charge in [-0.1, -0.05) is 76.8 Å². The van der Waals surface area contributed by atoms with Gasteiger partial charge in [0.15, 0.2) is 0 Å². The summed E-state index contributed by atoms with van der Waals surface area (Å²) in [6.07, 6.45) is 14.2. The monoisotopic (exact) mass is 487 g/mol. The maximum atomic E-state index is 12.4. The minimum atomic E-state index is -1.50. The number of aliphatic carboxylic acids is 1. The van der Waals surface area contributed by atoms with Crippen molar-refractivity contribution >= 4 is 29.1 Å². The Balaban J connectivity index is 1.70. The zero-order chi connectivity index (χ0) is 24.6. The Kier molecular flexibility index (Phi) is 12.9. The van der Waals surface area contributed by atoms with Crippen LogP contribution in [-0.4, -0.2) is 39.3 Å². The highest BCUT2D eigenvalue weighted by Crippen LogP contribution is 2.14. The predicted molar refractivity (Wildman–Crippen MR) is 135 cm³/mol. The van der Waals surface area contributed by atoms with Gasteiger partial charge in [-0.25, -0.2) is 9.78 Å². The summed E-state index contributed by atoms with van der Waals surface area (Å²) in [5.41, 5.74) is 1.30. The molecule has 0 saturated heterocycles. The number of amides is 2. The van der Waals surface area contributed by atoms with E-state index in [0.29, 0.717) is 17.1 Å². The van der Waals surface area contributed by atoms with Crippen molar-refractivity contribution in [3.05, 3.63) is 52.0 Å². The van der Waals surface area contributed by atoms with Gasteiger partial charge in [-0.05, 0) is 24.1 Å². The molecule has 0 saturated carbocycles. The Morgan fingerprint density at radius 1 is 0.912 bits per heavy atom. The van der Waals surface area contributed by atoms with Gasteiger partial charge in [0.1, 0.15) is 5.01 Å². The van der Waals surface area contributed by atoms with E-state index >= 15 is 0 Å². The molecule has 1 heterocycles. The fraction of sp³-hybridized carbons (Fsp3) is 0.538. The molecule has 186 valence electrons. The maximum absolute atomic E-state index is 12.4. The normalized spacial score (nSPS) is 10.7. The van der Waals surface area contributed by atoms with Crippen LogP contribution in [0.1, 0.15) is 92.1 Å². The summed E-state index contributed by atoms with van der Waals surface area (Å²) in [5, 5.41) is 14.5. The van der Waals surface area contributed by atoms with E-state index in [-0.39, 0.29) is 19.0 Å². The van der Waals surface area contributed by atoms with E-state index in [1.54, 1.807) is 35.8 Å². The van der Waals surface area contributed by atoms with Gasteiger partial charge in [0.2, 0.25) is 0 Å². The van der Waals surface area contributed by atoms with E-state index in [4.69, 9.17) is 5.11 Å². The van der Waals surface area contributed by atoms with Crippen LogP contribution >= 0.6 is 11.3 Å². The molecule has 0 bridgehead atoms. The van der Waals surface area contributed by atoms with Crippen molar-refractivity contribution in [1.82, 2.24) is 15.2 Å². The molecule has 2 amide bonds. The molecule has 0 radical (unpaired) electrons. The van der Waals surface area contributed by atoms with Gasteiger partial charge in [-0.2, -0.15) is 0 Å². The van der Waals surface area contributed by atoms with Gasteiger partial charge in [0.05, 0.1) is 6.54 Å². The number of rotatable bonds is 16. The third-order valence-corrected chi connectivity index (χ3v) is 6.45. The Bertz CT molecular complexity index is 869. The average molecular weight is 488 g/mol. The molecule has 1 aromatic heterocycles. The highest BCUT2D eigenvalue weighted by Gasteiger charge is 2.22. The van der Waals surface area contributed by atoms with E-state index in [0.717, 1.165) is 18.4 Å². The van der Waals surface area contributed by atoms with Crippen molar-refractivity contribution in [1.29, 1.82) is 0 Å². The number of nitrogens with one attached hydrogen (secondary N) is 1.